The fourth-order valence-corrected chi connectivity index (χ4v) is 2.34. The van der Waals surface area contributed by atoms with Gasteiger partial charge in [-0.15, -0.1) is 0 Å². The van der Waals surface area contributed by atoms with Crippen LogP contribution in [0.2, 0.25) is 0 Å². The molecule has 112 valence electrons. The largest absolute Gasteiger partial charge is 0.353 e. The van der Waals surface area contributed by atoms with Gasteiger partial charge in [0.15, 0.2) is 0 Å². The van der Waals surface area contributed by atoms with Gasteiger partial charge in [0.2, 0.25) is 5.91 Å². The molecule has 1 aliphatic rings. The third-order valence-electron chi connectivity index (χ3n) is 3.00. The number of nitrogens with one attached hydrogen (secondary N) is 2. The van der Waals surface area contributed by atoms with E-state index < -0.39 is 10.8 Å². The average molecular weight is 356 g/mol. The lowest BCUT2D eigenvalue weighted by Gasteiger charge is -2.07. The Bertz CT molecular complexity index is 587. The maximum Gasteiger partial charge on any atom is 0.284 e. The molecule has 0 spiro atoms. The third-order valence-corrected chi connectivity index (χ3v) is 3.83. The zero-order chi connectivity index (χ0) is 15.4. The molecule has 1 aromatic carbocycles. The number of rotatable bonds is 6. The molecule has 0 aliphatic heterocycles. The molecule has 1 fully saturated rings. The van der Waals surface area contributed by atoms with Crippen molar-refractivity contribution in [2.75, 3.05) is 6.54 Å². The highest BCUT2D eigenvalue weighted by Crippen LogP contribution is 2.28. The quantitative estimate of drug-likeness (QED) is 0.599. The molecular formula is C13H14BrN3O4. The third kappa shape index (κ3) is 4.25. The molecule has 0 aromatic heterocycles. The fraction of sp³-hybridized carbons (Fsp3) is 0.385. The summed E-state index contributed by atoms with van der Waals surface area (Å²) in [5, 5.41) is 16.2. The number of halogens is 1. The Morgan fingerprint density at radius 2 is 2.10 bits per heavy atom. The molecule has 0 bridgehead atoms. The molecule has 0 atom stereocenters. The van der Waals surface area contributed by atoms with Gasteiger partial charge in [0.05, 0.1) is 10.5 Å². The van der Waals surface area contributed by atoms with E-state index in [1.807, 2.05) is 0 Å². The maximum atomic E-state index is 12.0. The lowest BCUT2D eigenvalue weighted by molar-refractivity contribution is -0.385. The van der Waals surface area contributed by atoms with E-state index in [1.165, 1.54) is 18.2 Å². The Kier molecular flexibility index (Phi) is 4.89. The van der Waals surface area contributed by atoms with Gasteiger partial charge in [0, 0.05) is 25.1 Å². The topological polar surface area (TPSA) is 101 Å². The number of hydrogen-bond acceptors (Lipinski definition) is 4. The smallest absolute Gasteiger partial charge is 0.284 e. The fourth-order valence-electron chi connectivity index (χ4n) is 1.75. The van der Waals surface area contributed by atoms with Crippen LogP contribution in [0.15, 0.2) is 22.7 Å². The SMILES string of the molecule is O=C(CCNC(=O)c1cccc([N+](=O)[O-])c1Br)NC1CC1. The second kappa shape index (κ2) is 6.66. The highest BCUT2D eigenvalue weighted by atomic mass is 79.9. The number of nitro benzene ring substituents is 1. The molecule has 0 heterocycles. The summed E-state index contributed by atoms with van der Waals surface area (Å²) in [6.07, 6.45) is 2.21. The Morgan fingerprint density at radius 1 is 1.38 bits per heavy atom. The minimum atomic E-state index is -0.566. The van der Waals surface area contributed by atoms with Crippen molar-refractivity contribution < 1.29 is 14.5 Å². The van der Waals surface area contributed by atoms with Crippen molar-refractivity contribution in [3.05, 3.63) is 38.3 Å². The van der Waals surface area contributed by atoms with Crippen LogP contribution in [-0.4, -0.2) is 29.3 Å². The van der Waals surface area contributed by atoms with E-state index in [0.717, 1.165) is 12.8 Å². The summed E-state index contributed by atoms with van der Waals surface area (Å²) in [6.45, 7) is 0.187. The molecule has 7 nitrogen and oxygen atoms in total. The van der Waals surface area contributed by atoms with E-state index in [0.29, 0.717) is 6.04 Å². The summed E-state index contributed by atoms with van der Waals surface area (Å²) in [4.78, 5) is 33.7. The summed E-state index contributed by atoms with van der Waals surface area (Å²) in [5.74, 6) is -0.555. The van der Waals surface area contributed by atoms with Crippen LogP contribution in [0.4, 0.5) is 5.69 Å². The monoisotopic (exact) mass is 355 g/mol. The van der Waals surface area contributed by atoms with Gasteiger partial charge in [-0.25, -0.2) is 0 Å². The molecule has 2 N–H and O–H groups in total. The summed E-state index contributed by atoms with van der Waals surface area (Å²) >= 11 is 3.06. The number of hydrogen-bond donors (Lipinski definition) is 2. The number of benzene rings is 1. The van der Waals surface area contributed by atoms with Gasteiger partial charge in [-0.1, -0.05) is 6.07 Å². The van der Waals surface area contributed by atoms with Gasteiger partial charge in [0.25, 0.3) is 11.6 Å². The lowest BCUT2D eigenvalue weighted by atomic mass is 10.2. The Morgan fingerprint density at radius 3 is 2.71 bits per heavy atom. The van der Waals surface area contributed by atoms with Gasteiger partial charge in [-0.3, -0.25) is 19.7 Å². The summed E-state index contributed by atoms with van der Waals surface area (Å²) in [6, 6.07) is 4.53. The first kappa shape index (κ1) is 15.4. The first-order valence-corrected chi connectivity index (χ1v) is 7.29. The minimum Gasteiger partial charge on any atom is -0.353 e. The van der Waals surface area contributed by atoms with Gasteiger partial charge in [-0.2, -0.15) is 0 Å². The number of nitrogens with zero attached hydrogens (tertiary/aromatic N) is 1. The Labute approximate surface area is 129 Å². The predicted molar refractivity (Wildman–Crippen MR) is 78.9 cm³/mol. The van der Waals surface area contributed by atoms with Crippen molar-refractivity contribution in [3.63, 3.8) is 0 Å². The molecule has 0 radical (unpaired) electrons. The van der Waals surface area contributed by atoms with E-state index in [1.54, 1.807) is 0 Å². The van der Waals surface area contributed by atoms with Crippen LogP contribution in [0.3, 0.4) is 0 Å². The molecular weight excluding hydrogens is 342 g/mol. The Hall–Kier alpha value is -1.96. The van der Waals surface area contributed by atoms with Gasteiger partial charge in [0.1, 0.15) is 4.47 Å². The van der Waals surface area contributed by atoms with Crippen molar-refractivity contribution >= 4 is 33.4 Å². The first-order valence-electron chi connectivity index (χ1n) is 6.49. The first-order chi connectivity index (χ1) is 9.99. The van der Waals surface area contributed by atoms with Crippen LogP contribution in [-0.2, 0) is 4.79 Å². The van der Waals surface area contributed by atoms with Crippen molar-refractivity contribution in [2.45, 2.75) is 25.3 Å². The predicted octanol–water partition coefficient (Wildman–Crippen LogP) is 1.76. The second-order valence-electron chi connectivity index (χ2n) is 4.74. The highest BCUT2D eigenvalue weighted by molar-refractivity contribution is 9.10. The van der Waals surface area contributed by atoms with Crippen molar-refractivity contribution in [1.29, 1.82) is 0 Å². The molecule has 1 aromatic rings. The standard InChI is InChI=1S/C13H14BrN3O4/c14-12-9(2-1-3-10(12)17(20)21)13(19)15-7-6-11(18)16-8-4-5-8/h1-3,8H,4-7H2,(H,15,19)(H,16,18). The van der Waals surface area contributed by atoms with Crippen LogP contribution in [0.5, 0.6) is 0 Å². The van der Waals surface area contributed by atoms with E-state index in [2.05, 4.69) is 26.6 Å². The summed E-state index contributed by atoms with van der Waals surface area (Å²) in [5.41, 5.74) is 0.000859. The average Bonchev–Trinajstić information content (AvgIpc) is 3.22. The van der Waals surface area contributed by atoms with Crippen molar-refractivity contribution in [3.8, 4) is 0 Å². The van der Waals surface area contributed by atoms with Crippen LogP contribution in [0.1, 0.15) is 29.6 Å². The number of carbonyl (C=O) groups is 2. The van der Waals surface area contributed by atoms with Gasteiger partial charge < -0.3 is 10.6 Å². The van der Waals surface area contributed by atoms with Crippen LogP contribution in [0.25, 0.3) is 0 Å². The van der Waals surface area contributed by atoms with E-state index in [9.17, 15) is 19.7 Å². The second-order valence-corrected chi connectivity index (χ2v) is 5.54. The highest BCUT2D eigenvalue weighted by Gasteiger charge is 2.23. The number of carbonyl (C=O) groups excluding carboxylic acids is 2. The zero-order valence-corrected chi connectivity index (χ0v) is 12.7. The van der Waals surface area contributed by atoms with Gasteiger partial charge in [-0.05, 0) is 34.8 Å². The van der Waals surface area contributed by atoms with Crippen molar-refractivity contribution in [2.24, 2.45) is 0 Å². The molecule has 1 saturated carbocycles. The Balaban J connectivity index is 1.89. The van der Waals surface area contributed by atoms with Crippen LogP contribution in [0, 0.1) is 10.1 Å². The number of nitro groups is 1. The molecule has 0 unspecified atom stereocenters. The number of amides is 2. The molecule has 2 amide bonds. The summed E-state index contributed by atoms with van der Waals surface area (Å²) < 4.78 is 0.134. The molecule has 1 aliphatic carbocycles. The zero-order valence-electron chi connectivity index (χ0n) is 11.1. The minimum absolute atomic E-state index is 0.101. The molecule has 2 rings (SSSR count). The molecule has 21 heavy (non-hydrogen) atoms. The maximum absolute atomic E-state index is 12.0. The van der Waals surface area contributed by atoms with Crippen LogP contribution >= 0.6 is 15.9 Å². The molecule has 0 saturated heterocycles. The van der Waals surface area contributed by atoms with E-state index in [-0.39, 0.29) is 34.6 Å². The van der Waals surface area contributed by atoms with E-state index >= 15 is 0 Å². The van der Waals surface area contributed by atoms with Gasteiger partial charge >= 0.3 is 0 Å². The van der Waals surface area contributed by atoms with Crippen LogP contribution < -0.4 is 10.6 Å². The van der Waals surface area contributed by atoms with E-state index in [4.69, 9.17) is 0 Å². The normalized spacial score (nSPS) is 13.6. The summed E-state index contributed by atoms with van der Waals surface area (Å²) in [7, 11) is 0. The van der Waals surface area contributed by atoms with Crippen molar-refractivity contribution in [1.82, 2.24) is 10.6 Å². The molecule has 8 heteroatoms. The lowest BCUT2D eigenvalue weighted by Crippen LogP contribution is -2.31.